The van der Waals surface area contributed by atoms with Crippen LogP contribution in [0.2, 0.25) is 0 Å². The summed E-state index contributed by atoms with van der Waals surface area (Å²) in [6, 6.07) is 4.51. The van der Waals surface area contributed by atoms with Crippen LogP contribution < -0.4 is 34.3 Å². The van der Waals surface area contributed by atoms with Gasteiger partial charge in [0.05, 0.1) is 12.0 Å². The van der Waals surface area contributed by atoms with Gasteiger partial charge in [-0.05, 0) is 23.1 Å². The van der Waals surface area contributed by atoms with Gasteiger partial charge in [-0.2, -0.15) is 0 Å². The monoisotopic (exact) mass is 266 g/mol. The molecule has 0 saturated heterocycles. The minimum absolute atomic E-state index is 0. The zero-order valence-corrected chi connectivity index (χ0v) is 13.6. The zero-order chi connectivity index (χ0) is 12.6. The second kappa shape index (κ2) is 5.71. The van der Waals surface area contributed by atoms with Crippen molar-refractivity contribution in [3.05, 3.63) is 23.8 Å². The second-order valence-corrected chi connectivity index (χ2v) is 5.92. The fraction of sp³-hybridized carbons (Fsp3) is 0.455. The Bertz CT molecular complexity index is 489. The molecule has 1 aromatic rings. The molecule has 0 bridgehead atoms. The number of hydrogen-bond donors (Lipinski definition) is 0. The maximum absolute atomic E-state index is 10.9. The molecule has 6 heteroatoms. The fourth-order valence-electron chi connectivity index (χ4n) is 1.34. The first-order valence-corrected chi connectivity index (χ1v) is 6.21. The van der Waals surface area contributed by atoms with Crippen molar-refractivity contribution >= 4 is 10.1 Å². The molecule has 1 aromatic carbocycles. The summed E-state index contributed by atoms with van der Waals surface area (Å²) >= 11 is 0. The molecule has 0 saturated carbocycles. The smallest absolute Gasteiger partial charge is 0.744 e. The van der Waals surface area contributed by atoms with Crippen LogP contribution in [0.4, 0.5) is 0 Å². The van der Waals surface area contributed by atoms with E-state index in [4.69, 9.17) is 4.74 Å². The predicted molar refractivity (Wildman–Crippen MR) is 59.7 cm³/mol. The molecule has 0 aliphatic carbocycles. The van der Waals surface area contributed by atoms with E-state index < -0.39 is 10.1 Å². The summed E-state index contributed by atoms with van der Waals surface area (Å²) in [5.74, 6) is 0.0995. The summed E-state index contributed by atoms with van der Waals surface area (Å²) in [6.45, 7) is 5.98. The molecule has 0 aromatic heterocycles. The quantitative estimate of drug-likeness (QED) is 0.503. The Balaban J connectivity index is 0.00000256. The van der Waals surface area contributed by atoms with Gasteiger partial charge < -0.3 is 9.29 Å². The van der Waals surface area contributed by atoms with Crippen LogP contribution in [0.5, 0.6) is 5.75 Å². The average Bonchev–Trinajstić information content (AvgIpc) is 2.14. The molecule has 0 aliphatic rings. The van der Waals surface area contributed by atoms with E-state index in [0.717, 1.165) is 5.56 Å². The van der Waals surface area contributed by atoms with E-state index >= 15 is 0 Å². The molecule has 0 N–H and O–H groups in total. The van der Waals surface area contributed by atoms with E-state index in [2.05, 4.69) is 0 Å². The van der Waals surface area contributed by atoms with Crippen molar-refractivity contribution in [2.45, 2.75) is 31.1 Å². The van der Waals surface area contributed by atoms with Crippen molar-refractivity contribution in [3.63, 3.8) is 0 Å². The van der Waals surface area contributed by atoms with Crippen LogP contribution in [0.25, 0.3) is 0 Å². The maximum Gasteiger partial charge on any atom is 1.00 e. The molecule has 4 nitrogen and oxygen atoms in total. The third-order valence-corrected chi connectivity index (χ3v) is 3.17. The Labute approximate surface area is 124 Å². The standard InChI is InChI=1S/C11H16O4S.Na/c1-11(2,3)8-5-6-10(16(12,13)14)9(7-8)15-4;/h5-7H,1-4H3,(H,12,13,14);/q;+1/p-1. The van der Waals surface area contributed by atoms with Gasteiger partial charge in [-0.3, -0.25) is 0 Å². The number of methoxy groups -OCH3 is 1. The van der Waals surface area contributed by atoms with Crippen molar-refractivity contribution in [1.29, 1.82) is 0 Å². The number of benzene rings is 1. The summed E-state index contributed by atoms with van der Waals surface area (Å²) in [4.78, 5) is -0.317. The largest absolute Gasteiger partial charge is 1.00 e. The van der Waals surface area contributed by atoms with E-state index in [9.17, 15) is 13.0 Å². The molecule has 0 heterocycles. The minimum atomic E-state index is -4.48. The van der Waals surface area contributed by atoms with E-state index in [1.165, 1.54) is 13.2 Å². The molecule has 0 amide bonds. The van der Waals surface area contributed by atoms with Gasteiger partial charge in [-0.1, -0.05) is 26.8 Å². The first-order valence-electron chi connectivity index (χ1n) is 4.80. The Kier molecular flexibility index (Phi) is 5.69. The van der Waals surface area contributed by atoms with Crippen LogP contribution in [0.3, 0.4) is 0 Å². The van der Waals surface area contributed by atoms with E-state index in [1.807, 2.05) is 20.8 Å². The van der Waals surface area contributed by atoms with Crippen molar-refractivity contribution < 1.29 is 47.3 Å². The zero-order valence-electron chi connectivity index (χ0n) is 10.8. The van der Waals surface area contributed by atoms with Crippen molar-refractivity contribution in [2.24, 2.45) is 0 Å². The second-order valence-electron chi connectivity index (χ2n) is 4.57. The molecule has 0 fully saturated rings. The average molecular weight is 266 g/mol. The van der Waals surface area contributed by atoms with Gasteiger partial charge in [0.2, 0.25) is 0 Å². The molecule has 17 heavy (non-hydrogen) atoms. The van der Waals surface area contributed by atoms with Crippen LogP contribution in [0.1, 0.15) is 26.3 Å². The minimum Gasteiger partial charge on any atom is -0.744 e. The molecule has 0 radical (unpaired) electrons. The summed E-state index contributed by atoms with van der Waals surface area (Å²) in [5.41, 5.74) is 0.787. The summed E-state index contributed by atoms with van der Waals surface area (Å²) < 4.78 is 37.7. The summed E-state index contributed by atoms with van der Waals surface area (Å²) in [7, 11) is -3.14. The van der Waals surface area contributed by atoms with Crippen LogP contribution in [0, 0.1) is 0 Å². The van der Waals surface area contributed by atoms with E-state index in [-0.39, 0.29) is 45.6 Å². The molecule has 0 spiro atoms. The molecule has 1 rings (SSSR count). The van der Waals surface area contributed by atoms with Gasteiger partial charge in [0, 0.05) is 0 Å². The van der Waals surface area contributed by atoms with E-state index in [1.54, 1.807) is 12.1 Å². The Morgan fingerprint density at radius 3 is 2.12 bits per heavy atom. The molecule has 0 atom stereocenters. The van der Waals surface area contributed by atoms with Gasteiger partial charge >= 0.3 is 29.6 Å². The van der Waals surface area contributed by atoms with Crippen molar-refractivity contribution in [1.82, 2.24) is 0 Å². The van der Waals surface area contributed by atoms with Crippen LogP contribution in [-0.4, -0.2) is 20.1 Å². The molecule has 0 unspecified atom stereocenters. The predicted octanol–water partition coefficient (Wildman–Crippen LogP) is -1.10. The fourth-order valence-corrected chi connectivity index (χ4v) is 1.96. The number of rotatable bonds is 2. The van der Waals surface area contributed by atoms with Crippen LogP contribution in [-0.2, 0) is 15.5 Å². The van der Waals surface area contributed by atoms with Crippen LogP contribution in [0.15, 0.2) is 23.1 Å². The Morgan fingerprint density at radius 1 is 1.24 bits per heavy atom. The SMILES string of the molecule is COc1cc(C(C)(C)C)ccc1S(=O)(=O)[O-].[Na+]. The van der Waals surface area contributed by atoms with Gasteiger partial charge in [0.25, 0.3) is 0 Å². The third kappa shape index (κ3) is 4.26. The van der Waals surface area contributed by atoms with Crippen molar-refractivity contribution in [2.75, 3.05) is 7.11 Å². The summed E-state index contributed by atoms with van der Waals surface area (Å²) in [6.07, 6.45) is 0. The molecular formula is C11H15NaO4S. The Hall–Kier alpha value is -0.0700. The molecule has 90 valence electrons. The maximum atomic E-state index is 10.9. The number of ether oxygens (including phenoxy) is 1. The molecule has 0 aliphatic heterocycles. The van der Waals surface area contributed by atoms with Gasteiger partial charge in [0.1, 0.15) is 15.9 Å². The number of hydrogen-bond acceptors (Lipinski definition) is 4. The van der Waals surface area contributed by atoms with Crippen molar-refractivity contribution in [3.8, 4) is 5.75 Å². The first kappa shape index (κ1) is 16.9. The van der Waals surface area contributed by atoms with Gasteiger partial charge in [0.15, 0.2) is 0 Å². The normalized spacial score (nSPS) is 11.8. The van der Waals surface area contributed by atoms with Gasteiger partial charge in [-0.15, -0.1) is 0 Å². The van der Waals surface area contributed by atoms with Gasteiger partial charge in [-0.25, -0.2) is 8.42 Å². The van der Waals surface area contributed by atoms with E-state index in [0.29, 0.717) is 0 Å². The topological polar surface area (TPSA) is 66.4 Å². The molecular weight excluding hydrogens is 251 g/mol. The third-order valence-electron chi connectivity index (χ3n) is 2.30. The summed E-state index contributed by atoms with van der Waals surface area (Å²) in [5, 5.41) is 0. The Morgan fingerprint density at radius 2 is 1.76 bits per heavy atom. The van der Waals surface area contributed by atoms with Crippen LogP contribution >= 0.6 is 0 Å². The first-order chi connectivity index (χ1) is 7.16.